The molecular formula is C22H26N4O3. The van der Waals surface area contributed by atoms with Crippen LogP contribution in [-0.2, 0) is 0 Å². The maximum atomic E-state index is 12.6. The first-order valence-electron chi connectivity index (χ1n) is 9.98. The number of hydrogen-bond acceptors (Lipinski definition) is 5. The number of anilines is 1. The van der Waals surface area contributed by atoms with E-state index in [0.29, 0.717) is 29.0 Å². The zero-order valence-corrected chi connectivity index (χ0v) is 16.8. The Morgan fingerprint density at radius 2 is 2.03 bits per heavy atom. The number of fused-ring (bicyclic) bond motifs is 1. The minimum Gasteiger partial charge on any atom is -0.494 e. The first-order valence-corrected chi connectivity index (χ1v) is 9.98. The molecule has 0 spiro atoms. The molecule has 0 bridgehead atoms. The van der Waals surface area contributed by atoms with E-state index in [0.717, 1.165) is 42.1 Å². The summed E-state index contributed by atoms with van der Waals surface area (Å²) in [5.41, 5.74) is 2.87. The highest BCUT2D eigenvalue weighted by Gasteiger charge is 2.23. The summed E-state index contributed by atoms with van der Waals surface area (Å²) < 4.78 is 7.51. The lowest BCUT2D eigenvalue weighted by atomic mass is 9.87. The fraction of sp³-hybridized carbons (Fsp3) is 0.409. The molecular weight excluding hydrogens is 368 g/mol. The average molecular weight is 394 g/mol. The molecule has 1 amide bonds. The third kappa shape index (κ3) is 4.10. The number of aliphatic hydroxyl groups excluding tert-OH is 1. The molecule has 152 valence electrons. The first-order chi connectivity index (χ1) is 14.1. The van der Waals surface area contributed by atoms with Crippen molar-refractivity contribution in [2.24, 2.45) is 5.92 Å². The van der Waals surface area contributed by atoms with Crippen molar-refractivity contribution in [2.45, 2.75) is 38.6 Å². The Kier molecular flexibility index (Phi) is 5.49. The number of methoxy groups -OCH3 is 1. The molecule has 0 aliphatic heterocycles. The second kappa shape index (κ2) is 8.21. The molecule has 1 aliphatic rings. The molecule has 1 aliphatic carbocycles. The van der Waals surface area contributed by atoms with E-state index in [4.69, 9.17) is 9.84 Å². The molecule has 7 heteroatoms. The van der Waals surface area contributed by atoms with Crippen molar-refractivity contribution in [3.8, 4) is 5.75 Å². The van der Waals surface area contributed by atoms with Crippen LogP contribution in [0.5, 0.6) is 5.75 Å². The molecule has 2 N–H and O–H groups in total. The molecule has 1 saturated carbocycles. The minimum absolute atomic E-state index is 0.228. The van der Waals surface area contributed by atoms with E-state index < -0.39 is 0 Å². The molecule has 29 heavy (non-hydrogen) atoms. The number of amides is 1. The molecule has 4 rings (SSSR count). The fourth-order valence-electron chi connectivity index (χ4n) is 3.99. The van der Waals surface area contributed by atoms with Gasteiger partial charge in [-0.2, -0.15) is 5.10 Å². The van der Waals surface area contributed by atoms with Gasteiger partial charge in [-0.05, 0) is 56.2 Å². The molecule has 0 saturated heterocycles. The number of aliphatic hydroxyl groups is 1. The fourth-order valence-corrected chi connectivity index (χ4v) is 3.99. The predicted octanol–water partition coefficient (Wildman–Crippen LogP) is 3.72. The Bertz CT molecular complexity index is 1020. The van der Waals surface area contributed by atoms with Gasteiger partial charge in [0.2, 0.25) is 0 Å². The number of aryl methyl sites for hydroxylation is 1. The second-order valence-corrected chi connectivity index (χ2v) is 7.78. The summed E-state index contributed by atoms with van der Waals surface area (Å²) in [6, 6.07) is 5.90. The van der Waals surface area contributed by atoms with E-state index in [2.05, 4.69) is 10.3 Å². The summed E-state index contributed by atoms with van der Waals surface area (Å²) in [4.78, 5) is 16.7. The highest BCUT2D eigenvalue weighted by Crippen LogP contribution is 2.35. The number of carbonyl (C=O) groups is 1. The number of hydrogen-bond donors (Lipinski definition) is 2. The minimum atomic E-state index is -0.228. The van der Waals surface area contributed by atoms with Gasteiger partial charge < -0.3 is 15.2 Å². The largest absolute Gasteiger partial charge is 0.494 e. The van der Waals surface area contributed by atoms with Crippen molar-refractivity contribution < 1.29 is 14.6 Å². The SMILES string of the molecule is COc1cc2nn(C3CCC(CO)CC3)cc2cc1NC(=O)c1cncc(C)c1. The Balaban J connectivity index is 1.59. The van der Waals surface area contributed by atoms with Crippen molar-refractivity contribution in [3.63, 3.8) is 0 Å². The van der Waals surface area contributed by atoms with Crippen LogP contribution in [0.2, 0.25) is 0 Å². The van der Waals surface area contributed by atoms with Gasteiger partial charge in [0.15, 0.2) is 0 Å². The van der Waals surface area contributed by atoms with E-state index in [-0.39, 0.29) is 12.5 Å². The number of aromatic nitrogens is 3. The van der Waals surface area contributed by atoms with Crippen molar-refractivity contribution >= 4 is 22.5 Å². The molecule has 1 aromatic carbocycles. The standard InChI is InChI=1S/C22H26N4O3/c1-14-7-16(11-23-10-14)22(28)24-20-8-17-12-26(25-19(17)9-21(20)29-2)18-5-3-15(13-27)4-6-18/h7-12,15,18,27H,3-6,13H2,1-2H3,(H,24,28). The van der Waals surface area contributed by atoms with Gasteiger partial charge in [0, 0.05) is 36.7 Å². The summed E-state index contributed by atoms with van der Waals surface area (Å²) in [6.07, 6.45) is 9.36. The van der Waals surface area contributed by atoms with Gasteiger partial charge in [0.05, 0.1) is 29.9 Å². The van der Waals surface area contributed by atoms with Gasteiger partial charge >= 0.3 is 0 Å². The van der Waals surface area contributed by atoms with E-state index in [1.54, 1.807) is 25.6 Å². The summed E-state index contributed by atoms with van der Waals surface area (Å²) in [6.45, 7) is 2.17. The highest BCUT2D eigenvalue weighted by atomic mass is 16.5. The normalized spacial score (nSPS) is 19.3. The van der Waals surface area contributed by atoms with Gasteiger partial charge in [-0.15, -0.1) is 0 Å². The second-order valence-electron chi connectivity index (χ2n) is 7.78. The number of ether oxygens (including phenoxy) is 1. The molecule has 2 heterocycles. The van der Waals surface area contributed by atoms with Crippen LogP contribution in [0.15, 0.2) is 36.8 Å². The predicted molar refractivity (Wildman–Crippen MR) is 111 cm³/mol. The topological polar surface area (TPSA) is 89.3 Å². The van der Waals surface area contributed by atoms with Crippen molar-refractivity contribution in [1.82, 2.24) is 14.8 Å². The zero-order chi connectivity index (χ0) is 20.4. The maximum absolute atomic E-state index is 12.6. The molecule has 0 radical (unpaired) electrons. The Morgan fingerprint density at radius 1 is 1.24 bits per heavy atom. The Hall–Kier alpha value is -2.93. The van der Waals surface area contributed by atoms with Crippen molar-refractivity contribution in [1.29, 1.82) is 0 Å². The Morgan fingerprint density at radius 3 is 2.72 bits per heavy atom. The number of nitrogens with zero attached hydrogens (tertiary/aromatic N) is 3. The zero-order valence-electron chi connectivity index (χ0n) is 16.8. The average Bonchev–Trinajstić information content (AvgIpc) is 3.16. The van der Waals surface area contributed by atoms with E-state index >= 15 is 0 Å². The monoisotopic (exact) mass is 394 g/mol. The molecule has 7 nitrogen and oxygen atoms in total. The van der Waals surface area contributed by atoms with Gasteiger partial charge in [-0.1, -0.05) is 0 Å². The maximum Gasteiger partial charge on any atom is 0.257 e. The van der Waals surface area contributed by atoms with Crippen molar-refractivity contribution in [2.75, 3.05) is 19.0 Å². The van der Waals surface area contributed by atoms with E-state index in [9.17, 15) is 9.90 Å². The van der Waals surface area contributed by atoms with Crippen LogP contribution in [-0.4, -0.2) is 39.5 Å². The van der Waals surface area contributed by atoms with Crippen LogP contribution >= 0.6 is 0 Å². The smallest absolute Gasteiger partial charge is 0.257 e. The quantitative estimate of drug-likeness (QED) is 0.688. The third-order valence-corrected chi connectivity index (χ3v) is 5.68. The highest BCUT2D eigenvalue weighted by molar-refractivity contribution is 6.06. The number of carbonyl (C=O) groups excluding carboxylic acids is 1. The lowest BCUT2D eigenvalue weighted by molar-refractivity contribution is 0.102. The van der Waals surface area contributed by atoms with E-state index in [1.165, 1.54) is 0 Å². The Labute approximate surface area is 169 Å². The van der Waals surface area contributed by atoms with Crippen LogP contribution in [0.1, 0.15) is 47.6 Å². The van der Waals surface area contributed by atoms with Crippen LogP contribution in [0.3, 0.4) is 0 Å². The van der Waals surface area contributed by atoms with Crippen LogP contribution < -0.4 is 10.1 Å². The summed E-state index contributed by atoms with van der Waals surface area (Å²) in [7, 11) is 1.58. The van der Waals surface area contributed by atoms with Crippen LogP contribution in [0.25, 0.3) is 10.9 Å². The summed E-state index contributed by atoms with van der Waals surface area (Å²) >= 11 is 0. The summed E-state index contributed by atoms with van der Waals surface area (Å²) in [5, 5.41) is 18.0. The van der Waals surface area contributed by atoms with E-state index in [1.807, 2.05) is 29.9 Å². The van der Waals surface area contributed by atoms with Gasteiger partial charge in [0.1, 0.15) is 5.75 Å². The number of rotatable bonds is 5. The molecule has 2 aromatic heterocycles. The van der Waals surface area contributed by atoms with Gasteiger partial charge in [-0.25, -0.2) is 0 Å². The van der Waals surface area contributed by atoms with Crippen LogP contribution in [0, 0.1) is 12.8 Å². The summed E-state index contributed by atoms with van der Waals surface area (Å²) in [5.74, 6) is 0.753. The number of pyridine rings is 1. The molecule has 1 fully saturated rings. The van der Waals surface area contributed by atoms with Gasteiger partial charge in [0.25, 0.3) is 5.91 Å². The number of nitrogens with one attached hydrogen (secondary N) is 1. The lowest BCUT2D eigenvalue weighted by Gasteiger charge is -2.27. The molecule has 0 unspecified atom stereocenters. The van der Waals surface area contributed by atoms with Gasteiger partial charge in [-0.3, -0.25) is 14.5 Å². The van der Waals surface area contributed by atoms with Crippen molar-refractivity contribution in [3.05, 3.63) is 47.9 Å². The first kappa shape index (κ1) is 19.4. The molecule has 0 atom stereocenters. The number of benzene rings is 1. The lowest BCUT2D eigenvalue weighted by Crippen LogP contribution is -2.20. The van der Waals surface area contributed by atoms with Crippen LogP contribution in [0.4, 0.5) is 5.69 Å². The molecule has 3 aromatic rings. The third-order valence-electron chi connectivity index (χ3n) is 5.68.